The molecule has 0 aromatic heterocycles. The summed E-state index contributed by atoms with van der Waals surface area (Å²) in [6, 6.07) is 8.25. The molecule has 1 aromatic rings. The number of hydrogen-bond acceptors (Lipinski definition) is 3. The van der Waals surface area contributed by atoms with Gasteiger partial charge in [-0.15, -0.1) is 0 Å². The van der Waals surface area contributed by atoms with Gasteiger partial charge in [0.05, 0.1) is 7.11 Å². The molecule has 0 fully saturated rings. The highest BCUT2D eigenvalue weighted by atomic mass is 16.5. The second-order valence-corrected chi connectivity index (χ2v) is 5.49. The van der Waals surface area contributed by atoms with Crippen LogP contribution < -0.4 is 15.4 Å². The molecule has 114 valence electrons. The summed E-state index contributed by atoms with van der Waals surface area (Å²) in [5.74, 6) is 1.71. The molecule has 0 amide bonds. The molecule has 0 saturated carbocycles. The highest BCUT2D eigenvalue weighted by molar-refractivity contribution is 5.48. The van der Waals surface area contributed by atoms with Crippen LogP contribution in [0.4, 0.5) is 5.69 Å². The molecule has 0 saturated heterocycles. The Hall–Kier alpha value is -1.22. The largest absolute Gasteiger partial charge is 0.497 e. The van der Waals surface area contributed by atoms with Crippen molar-refractivity contribution in [2.75, 3.05) is 32.1 Å². The Morgan fingerprint density at radius 1 is 1.15 bits per heavy atom. The van der Waals surface area contributed by atoms with Crippen LogP contribution in [0.1, 0.15) is 39.0 Å². The molecule has 0 radical (unpaired) electrons. The van der Waals surface area contributed by atoms with E-state index in [2.05, 4.69) is 31.0 Å². The maximum Gasteiger partial charge on any atom is 0.119 e. The zero-order valence-electron chi connectivity index (χ0n) is 13.3. The Kier molecular flexibility index (Phi) is 8.12. The predicted molar refractivity (Wildman–Crippen MR) is 87.6 cm³/mol. The highest BCUT2D eigenvalue weighted by Crippen LogP contribution is 2.20. The SMILES string of the molecule is CCCC(CCN)CCCN(C)c1ccc(OC)cc1. The van der Waals surface area contributed by atoms with E-state index in [9.17, 15) is 0 Å². The second kappa shape index (κ2) is 9.65. The normalized spacial score (nSPS) is 12.2. The third-order valence-electron chi connectivity index (χ3n) is 3.89. The van der Waals surface area contributed by atoms with E-state index in [1.807, 2.05) is 12.1 Å². The van der Waals surface area contributed by atoms with Crippen LogP contribution in [-0.4, -0.2) is 27.2 Å². The Bertz CT molecular complexity index is 345. The van der Waals surface area contributed by atoms with E-state index in [0.29, 0.717) is 0 Å². The number of ether oxygens (including phenoxy) is 1. The Morgan fingerprint density at radius 2 is 1.85 bits per heavy atom. The van der Waals surface area contributed by atoms with E-state index in [-0.39, 0.29) is 0 Å². The van der Waals surface area contributed by atoms with Gasteiger partial charge >= 0.3 is 0 Å². The molecule has 2 N–H and O–H groups in total. The van der Waals surface area contributed by atoms with Crippen LogP contribution in [0.3, 0.4) is 0 Å². The van der Waals surface area contributed by atoms with Gasteiger partial charge in [-0.25, -0.2) is 0 Å². The number of methoxy groups -OCH3 is 1. The van der Waals surface area contributed by atoms with Crippen LogP contribution >= 0.6 is 0 Å². The van der Waals surface area contributed by atoms with Gasteiger partial charge in [0.1, 0.15) is 5.75 Å². The molecule has 1 aromatic carbocycles. The van der Waals surface area contributed by atoms with Crippen LogP contribution in [0.15, 0.2) is 24.3 Å². The van der Waals surface area contributed by atoms with Crippen molar-refractivity contribution in [1.29, 1.82) is 0 Å². The van der Waals surface area contributed by atoms with Gasteiger partial charge in [-0.3, -0.25) is 0 Å². The minimum atomic E-state index is 0.800. The first-order valence-corrected chi connectivity index (χ1v) is 7.76. The smallest absolute Gasteiger partial charge is 0.119 e. The zero-order valence-corrected chi connectivity index (χ0v) is 13.3. The van der Waals surface area contributed by atoms with Crippen LogP contribution in [0.2, 0.25) is 0 Å². The molecular weight excluding hydrogens is 248 g/mol. The molecule has 0 heterocycles. The van der Waals surface area contributed by atoms with Crippen LogP contribution in [-0.2, 0) is 0 Å². The summed E-state index contributed by atoms with van der Waals surface area (Å²) in [7, 11) is 3.85. The number of hydrogen-bond donors (Lipinski definition) is 1. The van der Waals surface area contributed by atoms with E-state index in [1.165, 1.54) is 37.8 Å². The Balaban J connectivity index is 2.35. The number of benzene rings is 1. The fraction of sp³-hybridized carbons (Fsp3) is 0.647. The van der Waals surface area contributed by atoms with E-state index >= 15 is 0 Å². The van der Waals surface area contributed by atoms with Gasteiger partial charge in [-0.05, 0) is 56.0 Å². The molecular formula is C17H30N2O. The summed E-state index contributed by atoms with van der Waals surface area (Å²) in [6.07, 6.45) is 6.25. The topological polar surface area (TPSA) is 38.5 Å². The first-order valence-electron chi connectivity index (χ1n) is 7.76. The van der Waals surface area contributed by atoms with Crippen molar-refractivity contribution in [1.82, 2.24) is 0 Å². The van der Waals surface area contributed by atoms with Crippen molar-refractivity contribution in [3.05, 3.63) is 24.3 Å². The molecule has 3 heteroatoms. The lowest BCUT2D eigenvalue weighted by molar-refractivity contribution is 0.410. The van der Waals surface area contributed by atoms with Gasteiger partial charge in [0.2, 0.25) is 0 Å². The van der Waals surface area contributed by atoms with Crippen LogP contribution in [0, 0.1) is 5.92 Å². The number of nitrogens with zero attached hydrogens (tertiary/aromatic N) is 1. The zero-order chi connectivity index (χ0) is 14.8. The van der Waals surface area contributed by atoms with Crippen molar-refractivity contribution in [2.24, 2.45) is 11.7 Å². The quantitative estimate of drug-likeness (QED) is 0.709. The lowest BCUT2D eigenvalue weighted by atomic mass is 9.94. The maximum absolute atomic E-state index is 5.69. The van der Waals surface area contributed by atoms with Crippen LogP contribution in [0.5, 0.6) is 5.75 Å². The van der Waals surface area contributed by atoms with Gasteiger partial charge in [-0.1, -0.05) is 19.8 Å². The average Bonchev–Trinajstić information content (AvgIpc) is 2.47. The van der Waals surface area contributed by atoms with Crippen molar-refractivity contribution >= 4 is 5.69 Å². The van der Waals surface area contributed by atoms with E-state index < -0.39 is 0 Å². The number of anilines is 1. The monoisotopic (exact) mass is 278 g/mol. The van der Waals surface area contributed by atoms with Gasteiger partial charge < -0.3 is 15.4 Å². The average molecular weight is 278 g/mol. The minimum Gasteiger partial charge on any atom is -0.497 e. The van der Waals surface area contributed by atoms with Gasteiger partial charge in [0.25, 0.3) is 0 Å². The Labute approximate surface area is 124 Å². The Morgan fingerprint density at radius 3 is 2.40 bits per heavy atom. The standard InChI is InChI=1S/C17H30N2O/c1-4-6-15(12-13-18)7-5-14-19(2)16-8-10-17(20-3)11-9-16/h8-11,15H,4-7,12-14,18H2,1-3H3. The molecule has 0 bridgehead atoms. The summed E-state index contributed by atoms with van der Waals surface area (Å²) in [5.41, 5.74) is 6.93. The minimum absolute atomic E-state index is 0.800. The van der Waals surface area contributed by atoms with E-state index in [4.69, 9.17) is 10.5 Å². The third-order valence-corrected chi connectivity index (χ3v) is 3.89. The highest BCUT2D eigenvalue weighted by Gasteiger charge is 2.08. The fourth-order valence-electron chi connectivity index (χ4n) is 2.66. The molecule has 20 heavy (non-hydrogen) atoms. The fourth-order valence-corrected chi connectivity index (χ4v) is 2.66. The van der Waals surface area contributed by atoms with Gasteiger partial charge in [0.15, 0.2) is 0 Å². The van der Waals surface area contributed by atoms with Crippen molar-refractivity contribution in [3.8, 4) is 5.75 Å². The lowest BCUT2D eigenvalue weighted by Crippen LogP contribution is -2.19. The summed E-state index contributed by atoms with van der Waals surface area (Å²) in [5, 5.41) is 0. The molecule has 1 rings (SSSR count). The number of rotatable bonds is 10. The molecule has 3 nitrogen and oxygen atoms in total. The maximum atomic E-state index is 5.69. The van der Waals surface area contributed by atoms with Gasteiger partial charge in [0, 0.05) is 19.3 Å². The lowest BCUT2D eigenvalue weighted by Gasteiger charge is -2.21. The number of nitrogens with two attached hydrogens (primary N) is 1. The van der Waals surface area contributed by atoms with E-state index in [0.717, 1.165) is 24.8 Å². The predicted octanol–water partition coefficient (Wildman–Crippen LogP) is 3.68. The van der Waals surface area contributed by atoms with Crippen LogP contribution in [0.25, 0.3) is 0 Å². The molecule has 0 aliphatic carbocycles. The summed E-state index contributed by atoms with van der Waals surface area (Å²) in [4.78, 5) is 2.31. The summed E-state index contributed by atoms with van der Waals surface area (Å²) < 4.78 is 5.18. The molecule has 0 spiro atoms. The van der Waals surface area contributed by atoms with Crippen molar-refractivity contribution < 1.29 is 4.74 Å². The van der Waals surface area contributed by atoms with Crippen molar-refractivity contribution in [3.63, 3.8) is 0 Å². The summed E-state index contributed by atoms with van der Waals surface area (Å²) in [6.45, 7) is 4.17. The molecule has 1 atom stereocenters. The van der Waals surface area contributed by atoms with E-state index in [1.54, 1.807) is 7.11 Å². The molecule has 1 unspecified atom stereocenters. The summed E-state index contributed by atoms with van der Waals surface area (Å²) >= 11 is 0. The first kappa shape index (κ1) is 16.8. The van der Waals surface area contributed by atoms with Crippen molar-refractivity contribution in [2.45, 2.75) is 39.0 Å². The van der Waals surface area contributed by atoms with Gasteiger partial charge in [-0.2, -0.15) is 0 Å². The second-order valence-electron chi connectivity index (χ2n) is 5.49. The first-order chi connectivity index (χ1) is 9.71. The third kappa shape index (κ3) is 5.83. The molecule has 0 aliphatic heterocycles. The molecule has 0 aliphatic rings.